The molecule has 5 heteroatoms. The van der Waals surface area contributed by atoms with Crippen molar-refractivity contribution >= 4 is 28.8 Å². The molecule has 1 heterocycles. The summed E-state index contributed by atoms with van der Waals surface area (Å²) >= 11 is 0. The molecule has 1 saturated heterocycles. The summed E-state index contributed by atoms with van der Waals surface area (Å²) in [6, 6.07) is 38.5. The van der Waals surface area contributed by atoms with Gasteiger partial charge in [0.15, 0.2) is 0 Å². The Kier molecular flexibility index (Phi) is 5.39. The molecule has 0 unspecified atom stereocenters. The first kappa shape index (κ1) is 23.8. The second kappa shape index (κ2) is 9.27. The molecule has 4 aliphatic rings. The third-order valence-electron chi connectivity index (χ3n) is 8.88. The molecule has 41 heavy (non-hydrogen) atoms. The minimum Gasteiger partial charge on any atom is -0.489 e. The number of nitrogens with zero attached hydrogens (tertiary/aromatic N) is 2. The van der Waals surface area contributed by atoms with Gasteiger partial charge in [0.25, 0.3) is 11.8 Å². The highest BCUT2D eigenvalue weighted by Crippen LogP contribution is 2.60. The summed E-state index contributed by atoms with van der Waals surface area (Å²) in [7, 11) is 0. The zero-order valence-electron chi connectivity index (χ0n) is 22.2. The molecule has 2 atom stereocenters. The van der Waals surface area contributed by atoms with Crippen molar-refractivity contribution in [3.05, 3.63) is 149 Å². The number of carbonyl (C=O) groups excluding carboxylic acids is 2. The molecule has 198 valence electrons. The standard InChI is InChI=1S/C36H26N2O3/c39-35-33-31-27-15-3-4-16-28(27)32(30-18-6-5-17-29(30)31)34(33)36(40)38(35)37-20-22-9-7-13-25(19-22)41-21-24-12-8-11-23-10-1-2-14-26(23)24/h1-20,31-34H,21H2/b37-20-/t31?,32?,33-,34-/m1/s1. The number of hydrogen-bond donors (Lipinski definition) is 0. The largest absolute Gasteiger partial charge is 0.489 e. The zero-order chi connectivity index (χ0) is 27.5. The van der Waals surface area contributed by atoms with Gasteiger partial charge in [-0.3, -0.25) is 9.59 Å². The Labute approximate surface area is 237 Å². The van der Waals surface area contributed by atoms with Crippen molar-refractivity contribution in [2.24, 2.45) is 16.9 Å². The minimum atomic E-state index is -0.440. The van der Waals surface area contributed by atoms with E-state index in [-0.39, 0.29) is 23.7 Å². The van der Waals surface area contributed by atoms with Crippen molar-refractivity contribution in [3.8, 4) is 5.75 Å². The number of amides is 2. The van der Waals surface area contributed by atoms with Crippen LogP contribution in [0.25, 0.3) is 10.8 Å². The zero-order valence-corrected chi connectivity index (χ0v) is 22.2. The van der Waals surface area contributed by atoms with E-state index in [0.717, 1.165) is 38.4 Å². The van der Waals surface area contributed by atoms with Gasteiger partial charge in [0, 0.05) is 11.8 Å². The van der Waals surface area contributed by atoms with Crippen LogP contribution in [0.5, 0.6) is 5.75 Å². The van der Waals surface area contributed by atoms with E-state index < -0.39 is 11.8 Å². The Morgan fingerprint density at radius 2 is 1.22 bits per heavy atom. The highest BCUT2D eigenvalue weighted by Gasteiger charge is 2.61. The normalized spacial score (nSPS) is 22.2. The van der Waals surface area contributed by atoms with E-state index in [2.05, 4.69) is 53.6 Å². The molecule has 1 fully saturated rings. The fourth-order valence-electron chi connectivity index (χ4n) is 7.16. The first-order chi connectivity index (χ1) is 20.2. The third-order valence-corrected chi connectivity index (χ3v) is 8.88. The lowest BCUT2D eigenvalue weighted by atomic mass is 9.55. The van der Waals surface area contributed by atoms with E-state index in [1.54, 1.807) is 6.21 Å². The van der Waals surface area contributed by atoms with Gasteiger partial charge in [-0.1, -0.05) is 103 Å². The van der Waals surface area contributed by atoms with Crippen molar-refractivity contribution in [2.75, 3.05) is 0 Å². The molecule has 5 aromatic carbocycles. The molecule has 0 aromatic heterocycles. The van der Waals surface area contributed by atoms with Crippen molar-refractivity contribution in [2.45, 2.75) is 18.4 Å². The van der Waals surface area contributed by atoms with E-state index >= 15 is 0 Å². The number of imide groups is 1. The number of hydrogen-bond acceptors (Lipinski definition) is 4. The van der Waals surface area contributed by atoms with E-state index in [0.29, 0.717) is 12.4 Å². The Bertz CT molecular complexity index is 1770. The monoisotopic (exact) mass is 534 g/mol. The minimum absolute atomic E-state index is 0.139. The van der Waals surface area contributed by atoms with Crippen molar-refractivity contribution in [1.29, 1.82) is 0 Å². The van der Waals surface area contributed by atoms with Crippen LogP contribution in [0.1, 0.15) is 45.2 Å². The summed E-state index contributed by atoms with van der Waals surface area (Å²) in [5, 5.41) is 7.90. The number of ether oxygens (including phenoxy) is 1. The predicted octanol–water partition coefficient (Wildman–Crippen LogP) is 6.64. The molecule has 1 aliphatic heterocycles. The van der Waals surface area contributed by atoms with Crippen molar-refractivity contribution in [1.82, 2.24) is 5.01 Å². The summed E-state index contributed by atoms with van der Waals surface area (Å²) in [5.41, 5.74) is 6.47. The van der Waals surface area contributed by atoms with Gasteiger partial charge in [-0.2, -0.15) is 10.1 Å². The molecular weight excluding hydrogens is 508 g/mol. The first-order valence-electron chi connectivity index (χ1n) is 14.0. The maximum absolute atomic E-state index is 13.8. The summed E-state index contributed by atoms with van der Waals surface area (Å²) in [6.45, 7) is 0.429. The second-order valence-electron chi connectivity index (χ2n) is 11.0. The molecule has 0 saturated carbocycles. The maximum atomic E-state index is 13.8. The van der Waals surface area contributed by atoms with Crippen LogP contribution in [0.2, 0.25) is 0 Å². The highest BCUT2D eigenvalue weighted by molar-refractivity contribution is 6.08. The van der Waals surface area contributed by atoms with E-state index in [1.807, 2.05) is 66.7 Å². The molecular formula is C36H26N2O3. The topological polar surface area (TPSA) is 59.0 Å². The Hall–Kier alpha value is -5.03. The number of carbonyl (C=O) groups is 2. The molecule has 9 rings (SSSR count). The Morgan fingerprint density at radius 1 is 0.659 bits per heavy atom. The smallest absolute Gasteiger partial charge is 0.254 e. The second-order valence-corrected chi connectivity index (χ2v) is 11.0. The van der Waals surface area contributed by atoms with Crippen LogP contribution < -0.4 is 4.74 Å². The lowest BCUT2D eigenvalue weighted by molar-refractivity contribution is -0.139. The molecule has 2 bridgehead atoms. The van der Waals surface area contributed by atoms with Gasteiger partial charge in [0.1, 0.15) is 12.4 Å². The summed E-state index contributed by atoms with van der Waals surface area (Å²) < 4.78 is 6.13. The van der Waals surface area contributed by atoms with E-state index in [4.69, 9.17) is 4.74 Å². The lowest BCUT2D eigenvalue weighted by Gasteiger charge is -2.45. The van der Waals surface area contributed by atoms with Gasteiger partial charge in [0.2, 0.25) is 0 Å². The van der Waals surface area contributed by atoms with Crippen LogP contribution in [0.4, 0.5) is 0 Å². The molecule has 0 spiro atoms. The van der Waals surface area contributed by atoms with Crippen molar-refractivity contribution < 1.29 is 14.3 Å². The van der Waals surface area contributed by atoms with Gasteiger partial charge in [0.05, 0.1) is 18.1 Å². The number of benzene rings is 5. The highest BCUT2D eigenvalue weighted by atomic mass is 16.5. The molecule has 5 aromatic rings. The van der Waals surface area contributed by atoms with Gasteiger partial charge in [-0.05, 0) is 56.3 Å². The van der Waals surface area contributed by atoms with Gasteiger partial charge < -0.3 is 4.74 Å². The van der Waals surface area contributed by atoms with Crippen LogP contribution in [0, 0.1) is 11.8 Å². The van der Waals surface area contributed by atoms with Crippen LogP contribution in [-0.4, -0.2) is 23.0 Å². The average Bonchev–Trinajstić information content (AvgIpc) is 3.28. The summed E-state index contributed by atoms with van der Waals surface area (Å²) in [6.07, 6.45) is 1.58. The first-order valence-corrected chi connectivity index (χ1v) is 14.0. The third kappa shape index (κ3) is 3.66. The van der Waals surface area contributed by atoms with Crippen LogP contribution in [0.15, 0.2) is 120 Å². The molecule has 0 N–H and O–H groups in total. The van der Waals surface area contributed by atoms with E-state index in [1.165, 1.54) is 10.8 Å². The molecule has 3 aliphatic carbocycles. The SMILES string of the molecule is O=C1[C@@H]2C3c4ccccc4C(c4ccccc43)[C@H]2C(=O)N1/N=C\c1cccc(OCc2cccc3ccccc23)c1. The van der Waals surface area contributed by atoms with Crippen LogP contribution in [0.3, 0.4) is 0 Å². The quantitative estimate of drug-likeness (QED) is 0.188. The van der Waals surface area contributed by atoms with Crippen molar-refractivity contribution in [3.63, 3.8) is 0 Å². The fourth-order valence-corrected chi connectivity index (χ4v) is 7.16. The Balaban J connectivity index is 1.06. The number of hydrazone groups is 1. The van der Waals surface area contributed by atoms with Crippen LogP contribution >= 0.6 is 0 Å². The number of rotatable bonds is 5. The number of fused-ring (bicyclic) bond motifs is 1. The van der Waals surface area contributed by atoms with E-state index in [9.17, 15) is 9.59 Å². The van der Waals surface area contributed by atoms with Gasteiger partial charge in [-0.25, -0.2) is 0 Å². The van der Waals surface area contributed by atoms with Gasteiger partial charge >= 0.3 is 0 Å². The molecule has 5 nitrogen and oxygen atoms in total. The summed E-state index contributed by atoms with van der Waals surface area (Å²) in [4.78, 5) is 27.6. The Morgan fingerprint density at radius 3 is 1.88 bits per heavy atom. The molecule has 2 amide bonds. The summed E-state index contributed by atoms with van der Waals surface area (Å²) in [5.74, 6) is -0.912. The lowest BCUT2D eigenvalue weighted by Crippen LogP contribution is -2.41. The fraction of sp³-hybridized carbons (Fsp3) is 0.139. The average molecular weight is 535 g/mol. The predicted molar refractivity (Wildman–Crippen MR) is 158 cm³/mol. The van der Waals surface area contributed by atoms with Gasteiger partial charge in [-0.15, -0.1) is 0 Å². The molecule has 0 radical (unpaired) electrons. The van der Waals surface area contributed by atoms with Crippen LogP contribution in [-0.2, 0) is 16.2 Å². The maximum Gasteiger partial charge on any atom is 0.254 e.